The number of hydrogen-bond acceptors (Lipinski definition) is 8. The standard InChI is InChI=1S/C37H47IN4O5S/c1-48(2,3)20-19-45-25-42-32-21-33(44)34(28-11-9-27(10-12-28)26-7-5-4-6-8-26)40-35(32)41-36(42)29(16-18-47-38-39)13-14-31-23-37(24-46-31)22-30(37)15-17-43/h4-12,17,21,29-31,39,44H,13-16,18-20,22-25H2,1-3H3. The molecule has 258 valence electrons. The van der Waals surface area contributed by atoms with E-state index < -0.39 is 31.5 Å². The number of benzene rings is 2. The van der Waals surface area contributed by atoms with Crippen LogP contribution in [0.1, 0.15) is 50.3 Å². The molecule has 48 heavy (non-hydrogen) atoms. The Hall–Kier alpha value is -2.71. The minimum atomic E-state index is -1.03. The highest BCUT2D eigenvalue weighted by Crippen LogP contribution is 2.61. The predicted molar refractivity (Wildman–Crippen MR) is 201 cm³/mol. The Morgan fingerprint density at radius 2 is 1.81 bits per heavy atom. The van der Waals surface area contributed by atoms with E-state index in [1.165, 1.54) is 0 Å². The van der Waals surface area contributed by atoms with Gasteiger partial charge in [-0.1, -0.05) is 54.6 Å². The van der Waals surface area contributed by atoms with Crippen LogP contribution in [-0.2, 0) is 24.1 Å². The fourth-order valence-electron chi connectivity index (χ4n) is 7.00. The van der Waals surface area contributed by atoms with Gasteiger partial charge in [-0.2, -0.15) is 0 Å². The zero-order valence-corrected chi connectivity index (χ0v) is 31.0. The number of nitrogens with zero attached hydrogens (tertiary/aromatic N) is 3. The molecule has 0 amide bonds. The van der Waals surface area contributed by atoms with Crippen molar-refractivity contribution in [3.8, 4) is 28.1 Å². The van der Waals surface area contributed by atoms with Crippen LogP contribution in [0.2, 0.25) is 0 Å². The summed E-state index contributed by atoms with van der Waals surface area (Å²) >= 11 is -1.03. The van der Waals surface area contributed by atoms with E-state index in [1.54, 1.807) is 6.07 Å². The van der Waals surface area contributed by atoms with Gasteiger partial charge in [-0.15, -0.1) is 0 Å². The van der Waals surface area contributed by atoms with Crippen molar-refractivity contribution in [1.82, 2.24) is 14.5 Å². The molecule has 6 rings (SSSR count). The Kier molecular flexibility index (Phi) is 11.3. The number of halogens is 1. The van der Waals surface area contributed by atoms with Crippen molar-refractivity contribution in [2.45, 2.75) is 57.3 Å². The van der Waals surface area contributed by atoms with Crippen LogP contribution in [0.4, 0.5) is 0 Å². The van der Waals surface area contributed by atoms with E-state index in [4.69, 9.17) is 26.1 Å². The monoisotopic (exact) mass is 786 g/mol. The fraction of sp³-hybridized carbons (Fsp3) is 0.486. The lowest BCUT2D eigenvalue weighted by Crippen LogP contribution is -2.16. The highest BCUT2D eigenvalue weighted by atomic mass is 127. The van der Waals surface area contributed by atoms with E-state index in [-0.39, 0.29) is 23.2 Å². The van der Waals surface area contributed by atoms with E-state index in [2.05, 4.69) is 35.5 Å². The van der Waals surface area contributed by atoms with Crippen molar-refractivity contribution in [3.05, 3.63) is 66.5 Å². The Morgan fingerprint density at radius 3 is 2.54 bits per heavy atom. The highest BCUT2D eigenvalue weighted by Gasteiger charge is 2.57. The van der Waals surface area contributed by atoms with E-state index in [0.29, 0.717) is 43.6 Å². The maximum Gasteiger partial charge on any atom is 0.178 e. The van der Waals surface area contributed by atoms with Crippen molar-refractivity contribution in [2.75, 3.05) is 44.3 Å². The summed E-state index contributed by atoms with van der Waals surface area (Å²) in [4.78, 5) is 21.2. The van der Waals surface area contributed by atoms with Crippen molar-refractivity contribution in [3.63, 3.8) is 0 Å². The van der Waals surface area contributed by atoms with Gasteiger partial charge in [0, 0.05) is 29.7 Å². The first kappa shape index (κ1) is 35.1. The largest absolute Gasteiger partial charge is 0.506 e. The SMILES string of the molecule is CS(C)(C)CCOCn1c(C(CCOI=N)CCC2CC3(CO2)CC3CC=O)nc2nc(-c3ccc(-c4ccccc4)cc3)c(O)cc21. The number of aldehydes is 1. The Bertz CT molecular complexity index is 1710. The van der Waals surface area contributed by atoms with Crippen LogP contribution in [-0.4, -0.2) is 76.4 Å². The lowest BCUT2D eigenvalue weighted by Gasteiger charge is -2.25. The zero-order valence-electron chi connectivity index (χ0n) is 28.1. The van der Waals surface area contributed by atoms with Gasteiger partial charge >= 0.3 is 0 Å². The number of pyridine rings is 1. The third-order valence-electron chi connectivity index (χ3n) is 9.86. The number of aromatic hydroxyl groups is 1. The fourth-order valence-corrected chi connectivity index (χ4v) is 8.09. The second-order valence-electron chi connectivity index (χ2n) is 14.1. The van der Waals surface area contributed by atoms with Crippen molar-refractivity contribution in [1.29, 1.82) is 3.56 Å². The summed E-state index contributed by atoms with van der Waals surface area (Å²) in [7, 11) is -0.710. The average Bonchev–Trinajstić information content (AvgIpc) is 3.38. The van der Waals surface area contributed by atoms with Gasteiger partial charge in [-0.25, -0.2) is 20.0 Å². The molecule has 1 spiro atoms. The molecule has 4 aromatic rings. The first-order chi connectivity index (χ1) is 23.2. The van der Waals surface area contributed by atoms with Gasteiger partial charge in [0.05, 0.1) is 31.4 Å². The Morgan fingerprint density at radius 1 is 1.06 bits per heavy atom. The molecule has 1 aliphatic carbocycles. The van der Waals surface area contributed by atoms with Gasteiger partial charge in [0.2, 0.25) is 0 Å². The number of imidazole rings is 1. The Balaban J connectivity index is 1.28. The molecule has 1 saturated carbocycles. The van der Waals surface area contributed by atoms with E-state index in [1.807, 2.05) is 42.5 Å². The highest BCUT2D eigenvalue weighted by molar-refractivity contribution is 14.1. The first-order valence-corrected chi connectivity index (χ1v) is 21.7. The number of carbonyl (C=O) groups excluding carboxylic acids is 1. The molecule has 2 fully saturated rings. The van der Waals surface area contributed by atoms with Crippen LogP contribution < -0.4 is 0 Å². The molecule has 2 aliphatic rings. The van der Waals surface area contributed by atoms with E-state index >= 15 is 0 Å². The maximum atomic E-state index is 11.3. The van der Waals surface area contributed by atoms with Crippen LogP contribution in [0.15, 0.2) is 60.7 Å². The molecule has 0 bridgehead atoms. The molecule has 2 N–H and O–H groups in total. The van der Waals surface area contributed by atoms with Crippen molar-refractivity contribution >= 4 is 48.9 Å². The number of hydrogen-bond donors (Lipinski definition) is 2. The summed E-state index contributed by atoms with van der Waals surface area (Å²) in [6, 6.07) is 20.1. The minimum absolute atomic E-state index is 0.0347. The molecule has 0 radical (unpaired) electrons. The minimum Gasteiger partial charge on any atom is -0.506 e. The quantitative estimate of drug-likeness (QED) is 0.0627. The van der Waals surface area contributed by atoms with Crippen molar-refractivity contribution in [2.24, 2.45) is 11.3 Å². The van der Waals surface area contributed by atoms with Crippen LogP contribution in [0.5, 0.6) is 5.75 Å². The number of nitrogens with one attached hydrogen (secondary N) is 1. The van der Waals surface area contributed by atoms with Crippen LogP contribution >= 0.6 is 31.5 Å². The van der Waals surface area contributed by atoms with Gasteiger partial charge < -0.3 is 27.0 Å². The summed E-state index contributed by atoms with van der Waals surface area (Å²) in [5, 5.41) is 11.3. The second-order valence-corrected chi connectivity index (χ2v) is 19.8. The second kappa shape index (κ2) is 15.5. The maximum absolute atomic E-state index is 11.3. The third-order valence-corrected chi connectivity index (χ3v) is 12.0. The van der Waals surface area contributed by atoms with Crippen LogP contribution in [0.25, 0.3) is 33.5 Å². The number of aromatic nitrogens is 3. The lowest BCUT2D eigenvalue weighted by molar-refractivity contribution is -0.108. The van der Waals surface area contributed by atoms with E-state index in [9.17, 15) is 9.90 Å². The van der Waals surface area contributed by atoms with Crippen LogP contribution in [0.3, 0.4) is 0 Å². The first-order valence-electron chi connectivity index (χ1n) is 16.7. The molecule has 11 heteroatoms. The topological polar surface area (TPSA) is 120 Å². The molecule has 2 aromatic carbocycles. The molecule has 1 aliphatic heterocycles. The number of ether oxygens (including phenoxy) is 2. The lowest BCUT2D eigenvalue weighted by atomic mass is 9.92. The summed E-state index contributed by atoms with van der Waals surface area (Å²) in [5.74, 6) is 2.45. The van der Waals surface area contributed by atoms with Gasteiger partial charge in [0.15, 0.2) is 27.1 Å². The van der Waals surface area contributed by atoms with Gasteiger partial charge in [-0.05, 0) is 73.3 Å². The summed E-state index contributed by atoms with van der Waals surface area (Å²) in [6.45, 7) is 2.19. The smallest absolute Gasteiger partial charge is 0.178 e. The van der Waals surface area contributed by atoms with Crippen molar-refractivity contribution < 1.29 is 22.4 Å². The van der Waals surface area contributed by atoms with Gasteiger partial charge in [0.25, 0.3) is 0 Å². The number of fused-ring (bicyclic) bond motifs is 1. The molecule has 3 heterocycles. The molecule has 2 aromatic heterocycles. The van der Waals surface area contributed by atoms with Gasteiger partial charge in [-0.3, -0.25) is 3.56 Å². The Labute approximate surface area is 295 Å². The van der Waals surface area contributed by atoms with Crippen LogP contribution in [0, 0.1) is 14.9 Å². The molecule has 1 saturated heterocycles. The zero-order chi connectivity index (χ0) is 33.7. The molecule has 4 atom stereocenters. The molecule has 9 nitrogen and oxygen atoms in total. The summed E-state index contributed by atoms with van der Waals surface area (Å²) in [6.07, 6.45) is 13.2. The third kappa shape index (κ3) is 8.35. The average molecular weight is 787 g/mol. The predicted octanol–water partition coefficient (Wildman–Crippen LogP) is 8.44. The summed E-state index contributed by atoms with van der Waals surface area (Å²) < 4.78 is 27.9. The number of carbonyl (C=O) groups is 1. The summed E-state index contributed by atoms with van der Waals surface area (Å²) in [5.41, 5.74) is 5.03. The van der Waals surface area contributed by atoms with Gasteiger partial charge in [0.1, 0.15) is 30.3 Å². The molecular formula is C37H47IN4O5S. The molecule has 4 unspecified atom stereocenters. The van der Waals surface area contributed by atoms with E-state index in [0.717, 1.165) is 78.8 Å². The molecular weight excluding hydrogens is 739 g/mol. The number of rotatable bonds is 17. The normalized spacial score (nSPS) is 21.6.